The Labute approximate surface area is 124 Å². The van der Waals surface area contributed by atoms with Crippen LogP contribution in [0, 0.1) is 0 Å². The highest BCUT2D eigenvalue weighted by Gasteiger charge is 2.07. The molecule has 1 aromatic heterocycles. The van der Waals surface area contributed by atoms with Gasteiger partial charge in [-0.3, -0.25) is 4.79 Å². The molecule has 0 saturated carbocycles. The molecule has 110 valence electrons. The van der Waals surface area contributed by atoms with Gasteiger partial charge in [0.15, 0.2) is 5.82 Å². The van der Waals surface area contributed by atoms with Gasteiger partial charge in [0.1, 0.15) is 5.69 Å². The van der Waals surface area contributed by atoms with Crippen LogP contribution in [0.4, 0.5) is 17.2 Å². The van der Waals surface area contributed by atoms with Crippen LogP contribution in [0.15, 0.2) is 36.4 Å². The maximum Gasteiger partial charge on any atom is 0.267 e. The first-order chi connectivity index (χ1) is 10.1. The van der Waals surface area contributed by atoms with Crippen molar-refractivity contribution >= 4 is 23.1 Å². The van der Waals surface area contributed by atoms with E-state index in [1.165, 1.54) is 24.5 Å². The van der Waals surface area contributed by atoms with E-state index < -0.39 is 5.91 Å². The van der Waals surface area contributed by atoms with Crippen molar-refractivity contribution in [2.45, 2.75) is 26.2 Å². The lowest BCUT2D eigenvalue weighted by Gasteiger charge is -2.10. The topological polar surface area (TPSA) is 94.0 Å². The quantitative estimate of drug-likeness (QED) is 0.760. The summed E-state index contributed by atoms with van der Waals surface area (Å²) in [5.41, 5.74) is 13.9. The van der Waals surface area contributed by atoms with Crippen LogP contribution in [-0.4, -0.2) is 10.9 Å². The van der Waals surface area contributed by atoms with Crippen molar-refractivity contribution in [2.75, 3.05) is 11.1 Å². The molecule has 0 unspecified atom stereocenters. The van der Waals surface area contributed by atoms with Crippen LogP contribution in [-0.2, 0) is 6.42 Å². The van der Waals surface area contributed by atoms with Gasteiger partial charge in [0.25, 0.3) is 5.91 Å². The second-order valence-electron chi connectivity index (χ2n) is 4.92. The van der Waals surface area contributed by atoms with Gasteiger partial charge in [-0.1, -0.05) is 25.5 Å². The molecule has 0 radical (unpaired) electrons. The summed E-state index contributed by atoms with van der Waals surface area (Å²) in [4.78, 5) is 15.3. The summed E-state index contributed by atoms with van der Waals surface area (Å²) in [7, 11) is 0. The summed E-state index contributed by atoms with van der Waals surface area (Å²) in [5.74, 6) is -0.138. The molecular weight excluding hydrogens is 264 g/mol. The fourth-order valence-corrected chi connectivity index (χ4v) is 1.98. The number of pyridine rings is 1. The molecule has 5 nitrogen and oxygen atoms in total. The second kappa shape index (κ2) is 6.74. The van der Waals surface area contributed by atoms with E-state index in [0.29, 0.717) is 11.5 Å². The van der Waals surface area contributed by atoms with E-state index in [0.717, 1.165) is 12.1 Å². The molecule has 1 aromatic carbocycles. The molecule has 0 aliphatic heterocycles. The number of hydrogen-bond donors (Lipinski definition) is 3. The number of nitrogens with zero attached hydrogens (tertiary/aromatic N) is 1. The van der Waals surface area contributed by atoms with Gasteiger partial charge < -0.3 is 16.8 Å². The number of carbonyl (C=O) groups excluding carboxylic acids is 1. The number of carbonyl (C=O) groups is 1. The average Bonchev–Trinajstić information content (AvgIpc) is 2.48. The van der Waals surface area contributed by atoms with Gasteiger partial charge in [-0.15, -0.1) is 0 Å². The lowest BCUT2D eigenvalue weighted by atomic mass is 10.1. The molecular formula is C16H20N4O. The zero-order valence-electron chi connectivity index (χ0n) is 12.1. The molecule has 0 saturated heterocycles. The fourth-order valence-electron chi connectivity index (χ4n) is 1.98. The molecule has 0 aliphatic carbocycles. The van der Waals surface area contributed by atoms with E-state index in [1.807, 2.05) is 12.1 Å². The lowest BCUT2D eigenvalue weighted by Crippen LogP contribution is -2.14. The molecule has 21 heavy (non-hydrogen) atoms. The highest BCUT2D eigenvalue weighted by molar-refractivity contribution is 5.92. The van der Waals surface area contributed by atoms with E-state index in [2.05, 4.69) is 29.4 Å². The normalized spacial score (nSPS) is 10.3. The Bertz CT molecular complexity index is 623. The van der Waals surface area contributed by atoms with Crippen molar-refractivity contribution in [3.05, 3.63) is 47.7 Å². The number of unbranched alkanes of at least 4 members (excludes halogenated alkanes) is 1. The number of anilines is 3. The Morgan fingerprint density at radius 1 is 1.19 bits per heavy atom. The molecule has 1 amide bonds. The number of nitrogen functional groups attached to an aromatic ring is 1. The third kappa shape index (κ3) is 3.95. The van der Waals surface area contributed by atoms with E-state index >= 15 is 0 Å². The predicted molar refractivity (Wildman–Crippen MR) is 85.5 cm³/mol. The van der Waals surface area contributed by atoms with Gasteiger partial charge in [0, 0.05) is 5.69 Å². The van der Waals surface area contributed by atoms with Gasteiger partial charge in [0.05, 0.1) is 5.69 Å². The largest absolute Gasteiger partial charge is 0.396 e. The van der Waals surface area contributed by atoms with Crippen molar-refractivity contribution in [1.29, 1.82) is 0 Å². The van der Waals surface area contributed by atoms with Crippen LogP contribution in [0.5, 0.6) is 0 Å². The Morgan fingerprint density at radius 3 is 2.52 bits per heavy atom. The molecule has 1 heterocycles. The summed E-state index contributed by atoms with van der Waals surface area (Å²) in [6.07, 6.45) is 3.44. The molecule has 0 aliphatic rings. The molecule has 0 atom stereocenters. The Hall–Kier alpha value is -2.56. The van der Waals surface area contributed by atoms with Gasteiger partial charge in [-0.25, -0.2) is 4.98 Å². The number of hydrogen-bond acceptors (Lipinski definition) is 4. The molecule has 5 heteroatoms. The van der Waals surface area contributed by atoms with Gasteiger partial charge in [-0.2, -0.15) is 0 Å². The molecule has 2 rings (SSSR count). The maximum atomic E-state index is 11.2. The third-order valence-corrected chi connectivity index (χ3v) is 3.21. The monoisotopic (exact) mass is 284 g/mol. The van der Waals surface area contributed by atoms with Crippen molar-refractivity contribution in [3.8, 4) is 0 Å². The minimum atomic E-state index is -0.576. The SMILES string of the molecule is CCCCc1ccc(Nc2nc(C(N)=O)ccc2N)cc1. The molecule has 0 bridgehead atoms. The number of aromatic nitrogens is 1. The zero-order chi connectivity index (χ0) is 15.2. The fraction of sp³-hybridized carbons (Fsp3) is 0.250. The van der Waals surface area contributed by atoms with Gasteiger partial charge in [-0.05, 0) is 42.7 Å². The predicted octanol–water partition coefficient (Wildman–Crippen LogP) is 2.85. The summed E-state index contributed by atoms with van der Waals surface area (Å²) in [5, 5.41) is 3.11. The highest BCUT2D eigenvalue weighted by Crippen LogP contribution is 2.21. The minimum Gasteiger partial charge on any atom is -0.396 e. The van der Waals surface area contributed by atoms with Crippen LogP contribution in [0.1, 0.15) is 35.8 Å². The number of benzene rings is 1. The molecule has 0 fully saturated rings. The zero-order valence-corrected chi connectivity index (χ0v) is 12.1. The van der Waals surface area contributed by atoms with Gasteiger partial charge >= 0.3 is 0 Å². The van der Waals surface area contributed by atoms with Crippen LogP contribution < -0.4 is 16.8 Å². The standard InChI is InChI=1S/C16H20N4O/c1-2-3-4-11-5-7-12(8-6-11)19-16-13(17)9-10-14(20-16)15(18)21/h5-10H,2-4,17H2,1H3,(H2,18,21)(H,19,20). The van der Waals surface area contributed by atoms with Crippen molar-refractivity contribution in [3.63, 3.8) is 0 Å². The van der Waals surface area contributed by atoms with Crippen molar-refractivity contribution < 1.29 is 4.79 Å². The third-order valence-electron chi connectivity index (χ3n) is 3.21. The lowest BCUT2D eigenvalue weighted by molar-refractivity contribution is 0.0996. The first-order valence-electron chi connectivity index (χ1n) is 7.02. The van der Waals surface area contributed by atoms with E-state index in [9.17, 15) is 4.79 Å². The van der Waals surface area contributed by atoms with E-state index in [4.69, 9.17) is 11.5 Å². The number of amides is 1. The smallest absolute Gasteiger partial charge is 0.267 e. The van der Waals surface area contributed by atoms with Crippen LogP contribution in [0.3, 0.4) is 0 Å². The van der Waals surface area contributed by atoms with Crippen LogP contribution in [0.2, 0.25) is 0 Å². The Morgan fingerprint density at radius 2 is 1.90 bits per heavy atom. The van der Waals surface area contributed by atoms with Crippen molar-refractivity contribution in [2.24, 2.45) is 5.73 Å². The van der Waals surface area contributed by atoms with E-state index in [-0.39, 0.29) is 5.69 Å². The first kappa shape index (κ1) is 14.8. The molecule has 0 spiro atoms. The number of nitrogens with two attached hydrogens (primary N) is 2. The van der Waals surface area contributed by atoms with Crippen LogP contribution >= 0.6 is 0 Å². The second-order valence-corrected chi connectivity index (χ2v) is 4.92. The minimum absolute atomic E-state index is 0.186. The van der Waals surface area contributed by atoms with Crippen molar-refractivity contribution in [1.82, 2.24) is 4.98 Å². The number of nitrogens with one attached hydrogen (secondary N) is 1. The Balaban J connectivity index is 2.14. The maximum absolute atomic E-state index is 11.2. The number of aryl methyl sites for hydroxylation is 1. The molecule has 2 aromatic rings. The Kier molecular flexibility index (Phi) is 4.77. The number of rotatable bonds is 6. The van der Waals surface area contributed by atoms with Gasteiger partial charge in [0.2, 0.25) is 0 Å². The van der Waals surface area contributed by atoms with Crippen LogP contribution in [0.25, 0.3) is 0 Å². The van der Waals surface area contributed by atoms with E-state index in [1.54, 1.807) is 6.07 Å². The first-order valence-corrected chi connectivity index (χ1v) is 7.02. The number of primary amides is 1. The molecule has 5 N–H and O–H groups in total. The summed E-state index contributed by atoms with van der Waals surface area (Å²) < 4.78 is 0. The summed E-state index contributed by atoms with van der Waals surface area (Å²) in [6, 6.07) is 11.2. The summed E-state index contributed by atoms with van der Waals surface area (Å²) in [6.45, 7) is 2.18. The highest BCUT2D eigenvalue weighted by atomic mass is 16.1. The summed E-state index contributed by atoms with van der Waals surface area (Å²) >= 11 is 0. The average molecular weight is 284 g/mol.